The molecule has 142 valence electrons. The summed E-state index contributed by atoms with van der Waals surface area (Å²) in [5.41, 5.74) is 1.36. The molecule has 0 aliphatic carbocycles. The van der Waals surface area contributed by atoms with E-state index in [1.54, 1.807) is 42.5 Å². The molecule has 3 rings (SSSR count). The monoisotopic (exact) mass is 406 g/mol. The van der Waals surface area contributed by atoms with Gasteiger partial charge in [-0.15, -0.1) is 0 Å². The third-order valence-electron chi connectivity index (χ3n) is 4.03. The van der Waals surface area contributed by atoms with Crippen molar-refractivity contribution in [3.8, 4) is 0 Å². The number of rotatable bonds is 5. The molecule has 0 radical (unpaired) electrons. The number of hydrogen-bond donors (Lipinski definition) is 1. The second-order valence-electron chi connectivity index (χ2n) is 5.91. The van der Waals surface area contributed by atoms with Crippen LogP contribution < -0.4 is 5.32 Å². The second-order valence-corrected chi connectivity index (χ2v) is 8.29. The smallest absolute Gasteiger partial charge is 0.248 e. The number of halogens is 1. The predicted molar refractivity (Wildman–Crippen MR) is 105 cm³/mol. The van der Waals surface area contributed by atoms with Crippen LogP contribution in [0.25, 0.3) is 6.08 Å². The standard InChI is InChI=1S/C19H19ClN2O4S/c20-16-4-1-15(2-5-16)3-10-19(23)21-17-6-8-18(9-7-17)27(24,25)22-11-13-26-14-12-22/h1-10H,11-14H2,(H,21,23). The lowest BCUT2D eigenvalue weighted by atomic mass is 10.2. The van der Waals surface area contributed by atoms with Crippen LogP contribution in [0.2, 0.25) is 5.02 Å². The van der Waals surface area contributed by atoms with E-state index in [0.29, 0.717) is 37.0 Å². The van der Waals surface area contributed by atoms with Gasteiger partial charge in [-0.2, -0.15) is 4.31 Å². The molecule has 1 N–H and O–H groups in total. The molecule has 0 bridgehead atoms. The topological polar surface area (TPSA) is 75.7 Å². The minimum Gasteiger partial charge on any atom is -0.379 e. The van der Waals surface area contributed by atoms with Gasteiger partial charge in [0.1, 0.15) is 0 Å². The lowest BCUT2D eigenvalue weighted by Gasteiger charge is -2.26. The van der Waals surface area contributed by atoms with E-state index in [0.717, 1.165) is 5.56 Å². The Bertz CT molecular complexity index is 919. The van der Waals surface area contributed by atoms with E-state index >= 15 is 0 Å². The van der Waals surface area contributed by atoms with Crippen molar-refractivity contribution in [2.24, 2.45) is 0 Å². The number of nitrogens with one attached hydrogen (secondary N) is 1. The molecule has 1 aliphatic rings. The van der Waals surface area contributed by atoms with E-state index in [4.69, 9.17) is 16.3 Å². The minimum atomic E-state index is -3.54. The second kappa shape index (κ2) is 8.67. The molecular formula is C19H19ClN2O4S. The Morgan fingerprint density at radius 1 is 1.04 bits per heavy atom. The zero-order chi connectivity index (χ0) is 19.3. The average Bonchev–Trinajstić information content (AvgIpc) is 2.69. The number of nitrogens with zero attached hydrogens (tertiary/aromatic N) is 1. The molecule has 0 aromatic heterocycles. The summed E-state index contributed by atoms with van der Waals surface area (Å²) in [6.07, 6.45) is 3.07. The van der Waals surface area contributed by atoms with Gasteiger partial charge in [0.2, 0.25) is 15.9 Å². The lowest BCUT2D eigenvalue weighted by molar-refractivity contribution is -0.111. The van der Waals surface area contributed by atoms with Crippen molar-refractivity contribution in [2.75, 3.05) is 31.6 Å². The van der Waals surface area contributed by atoms with Gasteiger partial charge in [0.05, 0.1) is 18.1 Å². The number of morpholine rings is 1. The van der Waals surface area contributed by atoms with E-state index in [-0.39, 0.29) is 10.8 Å². The summed E-state index contributed by atoms with van der Waals surface area (Å²) in [7, 11) is -3.54. The molecule has 1 heterocycles. The zero-order valence-corrected chi connectivity index (χ0v) is 16.0. The Morgan fingerprint density at radius 3 is 2.30 bits per heavy atom. The highest BCUT2D eigenvalue weighted by Crippen LogP contribution is 2.19. The number of sulfonamides is 1. The van der Waals surface area contributed by atoms with Gasteiger partial charge in [0, 0.05) is 29.9 Å². The first-order chi connectivity index (χ1) is 12.9. The molecule has 1 fully saturated rings. The minimum absolute atomic E-state index is 0.194. The van der Waals surface area contributed by atoms with Crippen molar-refractivity contribution >= 4 is 39.3 Å². The van der Waals surface area contributed by atoms with Crippen molar-refractivity contribution in [2.45, 2.75) is 4.90 Å². The van der Waals surface area contributed by atoms with Gasteiger partial charge in [0.15, 0.2) is 0 Å². The summed E-state index contributed by atoms with van der Waals surface area (Å²) >= 11 is 5.82. The highest BCUT2D eigenvalue weighted by Gasteiger charge is 2.26. The van der Waals surface area contributed by atoms with Crippen LogP contribution in [0.15, 0.2) is 59.5 Å². The molecule has 2 aromatic carbocycles. The van der Waals surface area contributed by atoms with E-state index in [9.17, 15) is 13.2 Å². The van der Waals surface area contributed by atoms with E-state index in [1.807, 2.05) is 0 Å². The predicted octanol–water partition coefficient (Wildman–Crippen LogP) is 3.01. The van der Waals surface area contributed by atoms with Crippen LogP contribution >= 0.6 is 11.6 Å². The van der Waals surface area contributed by atoms with Crippen LogP contribution in [0.1, 0.15) is 5.56 Å². The fraction of sp³-hybridized carbons (Fsp3) is 0.211. The maximum Gasteiger partial charge on any atom is 0.248 e. The Balaban J connectivity index is 1.63. The van der Waals surface area contributed by atoms with Gasteiger partial charge in [-0.3, -0.25) is 4.79 Å². The molecule has 0 spiro atoms. The molecule has 6 nitrogen and oxygen atoms in total. The summed E-state index contributed by atoms with van der Waals surface area (Å²) < 4.78 is 31.7. The molecule has 0 unspecified atom stereocenters. The van der Waals surface area contributed by atoms with Gasteiger partial charge < -0.3 is 10.1 Å². The summed E-state index contributed by atoms with van der Waals surface area (Å²) in [4.78, 5) is 12.2. The normalized spacial score (nSPS) is 15.7. The van der Waals surface area contributed by atoms with Crippen LogP contribution in [0.3, 0.4) is 0 Å². The Labute approximate surface area is 163 Å². The van der Waals surface area contributed by atoms with Crippen molar-refractivity contribution in [1.82, 2.24) is 4.31 Å². The number of ether oxygens (including phenoxy) is 1. The van der Waals surface area contributed by atoms with Gasteiger partial charge >= 0.3 is 0 Å². The number of carbonyl (C=O) groups is 1. The fourth-order valence-electron chi connectivity index (χ4n) is 2.58. The van der Waals surface area contributed by atoms with Crippen molar-refractivity contribution in [3.05, 3.63) is 65.2 Å². The van der Waals surface area contributed by atoms with E-state index in [1.165, 1.54) is 22.5 Å². The van der Waals surface area contributed by atoms with Crippen LogP contribution in [0, 0.1) is 0 Å². The SMILES string of the molecule is O=C(C=Cc1ccc(Cl)cc1)Nc1ccc(S(=O)(=O)N2CCOCC2)cc1. The first-order valence-corrected chi connectivity index (χ1v) is 10.2. The molecule has 1 amide bonds. The van der Waals surface area contributed by atoms with Crippen molar-refractivity contribution < 1.29 is 17.9 Å². The highest BCUT2D eigenvalue weighted by molar-refractivity contribution is 7.89. The molecule has 8 heteroatoms. The molecule has 0 atom stereocenters. The highest BCUT2D eigenvalue weighted by atomic mass is 35.5. The van der Waals surface area contributed by atoms with Gasteiger partial charge in [-0.1, -0.05) is 23.7 Å². The first-order valence-electron chi connectivity index (χ1n) is 8.38. The molecule has 1 aliphatic heterocycles. The number of benzene rings is 2. The van der Waals surface area contributed by atoms with Crippen molar-refractivity contribution in [3.63, 3.8) is 0 Å². The van der Waals surface area contributed by atoms with Crippen LogP contribution in [-0.4, -0.2) is 44.9 Å². The Hall–Kier alpha value is -2.19. The third-order valence-corrected chi connectivity index (χ3v) is 6.19. The van der Waals surface area contributed by atoms with Crippen LogP contribution in [0.5, 0.6) is 0 Å². The summed E-state index contributed by atoms with van der Waals surface area (Å²) in [6.45, 7) is 1.48. The number of carbonyl (C=O) groups excluding carboxylic acids is 1. The zero-order valence-electron chi connectivity index (χ0n) is 14.5. The van der Waals surface area contributed by atoms with Crippen LogP contribution in [-0.2, 0) is 19.6 Å². The lowest BCUT2D eigenvalue weighted by Crippen LogP contribution is -2.40. The van der Waals surface area contributed by atoms with E-state index < -0.39 is 10.0 Å². The quantitative estimate of drug-likeness (QED) is 0.774. The number of amides is 1. The Morgan fingerprint density at radius 2 is 1.67 bits per heavy atom. The first kappa shape index (κ1) is 19.6. The number of hydrogen-bond acceptors (Lipinski definition) is 4. The molecular weight excluding hydrogens is 388 g/mol. The van der Waals surface area contributed by atoms with E-state index in [2.05, 4.69) is 5.32 Å². The molecule has 1 saturated heterocycles. The largest absolute Gasteiger partial charge is 0.379 e. The van der Waals surface area contributed by atoms with Gasteiger partial charge in [-0.05, 0) is 48.0 Å². The van der Waals surface area contributed by atoms with Crippen LogP contribution in [0.4, 0.5) is 5.69 Å². The maximum absolute atomic E-state index is 12.6. The molecule has 0 saturated carbocycles. The Kier molecular flexibility index (Phi) is 6.28. The van der Waals surface area contributed by atoms with Crippen molar-refractivity contribution in [1.29, 1.82) is 0 Å². The molecule has 2 aromatic rings. The fourth-order valence-corrected chi connectivity index (χ4v) is 4.11. The van der Waals surface area contributed by atoms with Gasteiger partial charge in [0.25, 0.3) is 0 Å². The third kappa shape index (κ3) is 5.17. The molecule has 27 heavy (non-hydrogen) atoms. The maximum atomic E-state index is 12.6. The summed E-state index contributed by atoms with van der Waals surface area (Å²) in [6, 6.07) is 13.2. The summed E-state index contributed by atoms with van der Waals surface area (Å²) in [5, 5.41) is 3.33. The van der Waals surface area contributed by atoms with Gasteiger partial charge in [-0.25, -0.2) is 8.42 Å². The average molecular weight is 407 g/mol. The number of anilines is 1. The summed E-state index contributed by atoms with van der Waals surface area (Å²) in [5.74, 6) is -0.311.